The maximum atomic E-state index is 13.2. The number of carboxylic acids is 1. The molecule has 0 heterocycles. The van der Waals surface area contributed by atoms with Gasteiger partial charge in [-0.15, -0.1) is 0 Å². The zero-order chi connectivity index (χ0) is 17.1. The summed E-state index contributed by atoms with van der Waals surface area (Å²) in [4.78, 5) is 22.0. The minimum Gasteiger partial charge on any atom is -0.506 e. The van der Waals surface area contributed by atoms with Gasteiger partial charge in [-0.05, 0) is 38.5 Å². The predicted molar refractivity (Wildman–Crippen MR) is 74.3 cm³/mol. The van der Waals surface area contributed by atoms with Gasteiger partial charge in [-0.1, -0.05) is 6.07 Å². The Kier molecular flexibility index (Phi) is 4.95. The van der Waals surface area contributed by atoms with Crippen molar-refractivity contribution in [2.75, 3.05) is 5.32 Å². The average Bonchev–Trinajstić information content (AvgIpc) is 2.30. The van der Waals surface area contributed by atoms with Gasteiger partial charge in [0.2, 0.25) is 0 Å². The number of aliphatic carboxylic acids is 1. The van der Waals surface area contributed by atoms with E-state index in [1.807, 2.05) is 0 Å². The van der Waals surface area contributed by atoms with Crippen LogP contribution in [0.1, 0.15) is 26.3 Å². The van der Waals surface area contributed by atoms with Crippen LogP contribution in [0, 0.1) is 0 Å². The summed E-state index contributed by atoms with van der Waals surface area (Å²) in [6.07, 6.45) is -1.93. The number of phenolic OH excluding ortho intramolecular Hbond substituents is 1. The Labute approximate surface area is 125 Å². The van der Waals surface area contributed by atoms with Gasteiger partial charge in [-0.3, -0.25) is 5.32 Å². The van der Waals surface area contributed by atoms with Gasteiger partial charge in [0, 0.05) is 6.42 Å². The third-order valence-corrected chi connectivity index (χ3v) is 2.44. The van der Waals surface area contributed by atoms with E-state index in [0.29, 0.717) is 0 Å². The van der Waals surface area contributed by atoms with Crippen molar-refractivity contribution < 1.29 is 33.3 Å². The van der Waals surface area contributed by atoms with E-state index in [2.05, 4.69) is 5.32 Å². The highest BCUT2D eigenvalue weighted by molar-refractivity contribution is 5.87. The largest absolute Gasteiger partial charge is 0.506 e. The van der Waals surface area contributed by atoms with Crippen molar-refractivity contribution in [3.63, 3.8) is 0 Å². The lowest BCUT2D eigenvalue weighted by Gasteiger charge is -2.20. The minimum absolute atomic E-state index is 0.0590. The lowest BCUT2D eigenvalue weighted by Crippen LogP contribution is -2.30. The van der Waals surface area contributed by atoms with Crippen molar-refractivity contribution in [2.45, 2.75) is 38.7 Å². The molecule has 1 aromatic rings. The molecular weight excluding hydrogens is 300 g/mol. The fraction of sp³-hybridized carbons (Fsp3) is 0.429. The molecule has 0 aliphatic heterocycles. The van der Waals surface area contributed by atoms with E-state index in [9.17, 15) is 23.5 Å². The molecule has 0 spiro atoms. The Morgan fingerprint density at radius 1 is 1.27 bits per heavy atom. The first kappa shape index (κ1) is 17.7. The lowest BCUT2D eigenvalue weighted by atomic mass is 10.1. The van der Waals surface area contributed by atoms with E-state index in [4.69, 9.17) is 9.84 Å². The molecule has 0 aliphatic carbocycles. The molecule has 0 aliphatic rings. The Morgan fingerprint density at radius 3 is 2.36 bits per heavy atom. The van der Waals surface area contributed by atoms with E-state index in [-0.39, 0.29) is 17.0 Å². The summed E-state index contributed by atoms with van der Waals surface area (Å²) in [5.41, 5.74) is -0.975. The minimum atomic E-state index is -3.94. The second-order valence-electron chi connectivity index (χ2n) is 5.66. The van der Waals surface area contributed by atoms with Crippen molar-refractivity contribution in [2.24, 2.45) is 0 Å². The molecule has 3 N–H and O–H groups in total. The maximum Gasteiger partial charge on any atom is 0.412 e. The van der Waals surface area contributed by atoms with Crippen LogP contribution in [0.5, 0.6) is 5.75 Å². The molecule has 0 radical (unpaired) electrons. The molecule has 122 valence electrons. The number of carbonyl (C=O) groups excluding carboxylic acids is 1. The third-order valence-electron chi connectivity index (χ3n) is 2.44. The van der Waals surface area contributed by atoms with Crippen molar-refractivity contribution in [3.05, 3.63) is 23.8 Å². The van der Waals surface area contributed by atoms with Gasteiger partial charge in [0.1, 0.15) is 11.4 Å². The fourth-order valence-electron chi connectivity index (χ4n) is 1.54. The summed E-state index contributed by atoms with van der Waals surface area (Å²) in [7, 11) is 0. The molecule has 0 atom stereocenters. The molecule has 1 amide bonds. The smallest absolute Gasteiger partial charge is 0.412 e. The van der Waals surface area contributed by atoms with Crippen LogP contribution in [0.3, 0.4) is 0 Å². The van der Waals surface area contributed by atoms with E-state index in [1.165, 1.54) is 0 Å². The summed E-state index contributed by atoms with van der Waals surface area (Å²) < 4.78 is 31.3. The van der Waals surface area contributed by atoms with Crippen LogP contribution < -0.4 is 5.32 Å². The molecule has 0 aromatic heterocycles. The van der Waals surface area contributed by atoms with Gasteiger partial charge in [0.25, 0.3) is 0 Å². The van der Waals surface area contributed by atoms with Gasteiger partial charge in [-0.2, -0.15) is 8.78 Å². The summed E-state index contributed by atoms with van der Waals surface area (Å²) in [6.45, 7) is 4.91. The van der Waals surface area contributed by atoms with Gasteiger partial charge >= 0.3 is 18.0 Å². The van der Waals surface area contributed by atoms with Crippen molar-refractivity contribution in [1.29, 1.82) is 0 Å². The second-order valence-corrected chi connectivity index (χ2v) is 5.66. The molecule has 0 fully saturated rings. The Morgan fingerprint density at radius 2 is 1.86 bits per heavy atom. The number of amides is 1. The number of benzene rings is 1. The zero-order valence-electron chi connectivity index (χ0n) is 12.3. The number of carbonyl (C=O) groups is 2. The van der Waals surface area contributed by atoms with Gasteiger partial charge in [0.15, 0.2) is 0 Å². The molecule has 0 unspecified atom stereocenters. The third kappa shape index (κ3) is 5.19. The van der Waals surface area contributed by atoms with E-state index < -0.39 is 30.0 Å². The first-order chi connectivity index (χ1) is 9.90. The van der Waals surface area contributed by atoms with Crippen LogP contribution in [-0.2, 0) is 16.0 Å². The summed E-state index contributed by atoms with van der Waals surface area (Å²) in [5.74, 6) is -6.55. The monoisotopic (exact) mass is 317 g/mol. The highest BCUT2D eigenvalue weighted by Crippen LogP contribution is 2.28. The normalized spacial score (nSPS) is 11.9. The van der Waals surface area contributed by atoms with Crippen LogP contribution in [0.4, 0.5) is 19.3 Å². The van der Waals surface area contributed by atoms with Crippen molar-refractivity contribution >= 4 is 17.7 Å². The number of halogens is 2. The molecule has 1 rings (SSSR count). The van der Waals surface area contributed by atoms with Crippen LogP contribution in [0.2, 0.25) is 0 Å². The number of ether oxygens (including phenoxy) is 1. The topological polar surface area (TPSA) is 95.9 Å². The first-order valence-corrected chi connectivity index (χ1v) is 6.34. The van der Waals surface area contributed by atoms with Crippen molar-refractivity contribution in [3.8, 4) is 5.75 Å². The summed E-state index contributed by atoms with van der Waals surface area (Å²) in [5, 5.41) is 20.2. The molecule has 6 nitrogen and oxygen atoms in total. The number of phenols is 1. The molecule has 0 bridgehead atoms. The molecule has 0 saturated heterocycles. The van der Waals surface area contributed by atoms with E-state index in [1.54, 1.807) is 20.8 Å². The van der Waals surface area contributed by atoms with E-state index >= 15 is 0 Å². The molecular formula is C14H17F2NO5. The van der Waals surface area contributed by atoms with Crippen LogP contribution in [0.25, 0.3) is 0 Å². The quantitative estimate of drug-likeness (QED) is 0.742. The lowest BCUT2D eigenvalue weighted by molar-refractivity contribution is -0.164. The Hall–Kier alpha value is -2.38. The number of anilines is 1. The second kappa shape index (κ2) is 6.17. The number of hydrogen-bond acceptors (Lipinski definition) is 4. The maximum absolute atomic E-state index is 13.2. The number of alkyl halides is 2. The predicted octanol–water partition coefficient (Wildman–Crippen LogP) is 3.00. The Bertz CT molecular complexity index is 581. The molecule has 22 heavy (non-hydrogen) atoms. The summed E-state index contributed by atoms with van der Waals surface area (Å²) in [6, 6.07) is 3.29. The van der Waals surface area contributed by atoms with Gasteiger partial charge in [-0.25, -0.2) is 9.59 Å². The standard InChI is InChI=1S/C14H17F2NO5/c1-13(2,3)22-12(21)17-9-6-8(4-5-10(9)18)7-14(15,16)11(19)20/h4-6,18H,7H2,1-3H3,(H,17,21)(H,19,20). The van der Waals surface area contributed by atoms with Crippen LogP contribution in [-0.4, -0.2) is 33.8 Å². The highest BCUT2D eigenvalue weighted by Gasteiger charge is 2.38. The number of nitrogens with one attached hydrogen (secondary N) is 1. The number of carboxylic acid groups (broad SMARTS) is 1. The highest BCUT2D eigenvalue weighted by atomic mass is 19.3. The average molecular weight is 317 g/mol. The fourth-order valence-corrected chi connectivity index (χ4v) is 1.54. The van der Waals surface area contributed by atoms with Gasteiger partial charge in [0.05, 0.1) is 5.69 Å². The van der Waals surface area contributed by atoms with Crippen LogP contribution in [0.15, 0.2) is 18.2 Å². The summed E-state index contributed by atoms with van der Waals surface area (Å²) >= 11 is 0. The van der Waals surface area contributed by atoms with E-state index in [0.717, 1.165) is 18.2 Å². The first-order valence-electron chi connectivity index (χ1n) is 6.34. The molecule has 1 aromatic carbocycles. The number of hydrogen-bond donors (Lipinski definition) is 3. The Balaban J connectivity index is 2.91. The SMILES string of the molecule is CC(C)(C)OC(=O)Nc1cc(CC(F)(F)C(=O)O)ccc1O. The molecule has 0 saturated carbocycles. The number of rotatable bonds is 4. The zero-order valence-corrected chi connectivity index (χ0v) is 12.3. The molecule has 8 heteroatoms. The number of aromatic hydroxyl groups is 1. The van der Waals surface area contributed by atoms with Crippen LogP contribution >= 0.6 is 0 Å². The van der Waals surface area contributed by atoms with Gasteiger partial charge < -0.3 is 14.9 Å². The van der Waals surface area contributed by atoms with Crippen molar-refractivity contribution in [1.82, 2.24) is 0 Å².